The third kappa shape index (κ3) is 5.25. The van der Waals surface area contributed by atoms with Gasteiger partial charge in [-0.3, -0.25) is 19.9 Å². The monoisotopic (exact) mass is 527 g/mol. The quantitative estimate of drug-likeness (QED) is 0.174. The summed E-state index contributed by atoms with van der Waals surface area (Å²) in [5.41, 5.74) is 3.11. The molecular formula is C28H25N5O4S. The minimum Gasteiger partial charge on any atom is -0.459 e. The smallest absolute Gasteiger partial charge is 0.270 e. The Morgan fingerprint density at radius 3 is 2.71 bits per heavy atom. The van der Waals surface area contributed by atoms with E-state index >= 15 is 0 Å². The van der Waals surface area contributed by atoms with E-state index in [-0.39, 0.29) is 30.1 Å². The fraction of sp³-hybridized carbons (Fsp3) is 0.179. The molecular weight excluding hydrogens is 502 g/mol. The summed E-state index contributed by atoms with van der Waals surface area (Å²) in [5, 5.41) is 18.0. The number of nitrogens with one attached hydrogen (secondary N) is 2. The maximum absolute atomic E-state index is 12.8. The van der Waals surface area contributed by atoms with Gasteiger partial charge in [-0.1, -0.05) is 36.4 Å². The summed E-state index contributed by atoms with van der Waals surface area (Å²) in [5.74, 6) is 0.978. The van der Waals surface area contributed by atoms with Crippen LogP contribution in [-0.2, 0) is 4.79 Å². The van der Waals surface area contributed by atoms with Gasteiger partial charge in [0.2, 0.25) is 5.91 Å². The highest BCUT2D eigenvalue weighted by atomic mass is 32.1. The molecule has 192 valence electrons. The summed E-state index contributed by atoms with van der Waals surface area (Å²) in [4.78, 5) is 30.1. The largest absolute Gasteiger partial charge is 0.459 e. The summed E-state index contributed by atoms with van der Waals surface area (Å²) >= 11 is 5.68. The number of hydrogen-bond donors (Lipinski definition) is 2. The molecule has 1 aliphatic rings. The number of benzene rings is 2. The fourth-order valence-electron chi connectivity index (χ4n) is 4.54. The number of hydrogen-bond acceptors (Lipinski definition) is 6. The third-order valence-corrected chi connectivity index (χ3v) is 6.81. The Bertz CT molecular complexity index is 1490. The van der Waals surface area contributed by atoms with Crippen molar-refractivity contribution in [3.8, 4) is 11.3 Å². The summed E-state index contributed by atoms with van der Waals surface area (Å²) in [6, 6.07) is 22.5. The Labute approximate surface area is 224 Å². The van der Waals surface area contributed by atoms with Crippen molar-refractivity contribution < 1.29 is 14.1 Å². The van der Waals surface area contributed by atoms with Gasteiger partial charge < -0.3 is 20.0 Å². The molecule has 0 bridgehead atoms. The second kappa shape index (κ2) is 10.8. The molecule has 3 heterocycles. The van der Waals surface area contributed by atoms with Gasteiger partial charge >= 0.3 is 0 Å². The molecule has 0 saturated carbocycles. The number of nitro benzene ring substituents is 1. The lowest BCUT2D eigenvalue weighted by Crippen LogP contribution is -2.32. The van der Waals surface area contributed by atoms with E-state index in [0.717, 1.165) is 16.9 Å². The number of carbonyl (C=O) groups is 1. The van der Waals surface area contributed by atoms with Crippen LogP contribution in [0.3, 0.4) is 0 Å². The van der Waals surface area contributed by atoms with Crippen LogP contribution in [0.5, 0.6) is 0 Å². The number of para-hydroxylation sites is 1. The van der Waals surface area contributed by atoms with Gasteiger partial charge in [0, 0.05) is 42.5 Å². The SMILES string of the molecule is Cc1ccccc1NC(=O)CCN1C(=S)N[C@@H](c2ccccn2)[C@H]1c1ccc(-c2cccc([N+](=O)[O-])c2)o1. The maximum Gasteiger partial charge on any atom is 0.270 e. The molecule has 1 saturated heterocycles. The Hall–Kier alpha value is -4.57. The van der Waals surface area contributed by atoms with Crippen molar-refractivity contribution in [2.45, 2.75) is 25.4 Å². The molecule has 1 amide bonds. The van der Waals surface area contributed by atoms with E-state index < -0.39 is 4.92 Å². The van der Waals surface area contributed by atoms with E-state index in [1.54, 1.807) is 24.4 Å². The first-order chi connectivity index (χ1) is 18.4. The van der Waals surface area contributed by atoms with Crippen molar-refractivity contribution in [1.82, 2.24) is 15.2 Å². The zero-order valence-corrected chi connectivity index (χ0v) is 21.4. The highest BCUT2D eigenvalue weighted by Gasteiger charge is 2.41. The molecule has 1 aliphatic heterocycles. The van der Waals surface area contributed by atoms with Crippen LogP contribution in [0.4, 0.5) is 11.4 Å². The summed E-state index contributed by atoms with van der Waals surface area (Å²) in [7, 11) is 0. The lowest BCUT2D eigenvalue weighted by molar-refractivity contribution is -0.384. The topological polar surface area (TPSA) is 114 Å². The molecule has 2 N–H and O–H groups in total. The molecule has 4 aromatic rings. The van der Waals surface area contributed by atoms with Crippen LogP contribution in [0.2, 0.25) is 0 Å². The third-order valence-electron chi connectivity index (χ3n) is 6.46. The van der Waals surface area contributed by atoms with Gasteiger partial charge in [0.15, 0.2) is 5.11 Å². The average Bonchev–Trinajstić information content (AvgIpc) is 3.54. The number of nitro groups is 1. The van der Waals surface area contributed by atoms with E-state index in [4.69, 9.17) is 16.6 Å². The fourth-order valence-corrected chi connectivity index (χ4v) is 4.87. The Morgan fingerprint density at radius 2 is 1.95 bits per heavy atom. The maximum atomic E-state index is 12.8. The second-order valence-corrected chi connectivity index (χ2v) is 9.33. The summed E-state index contributed by atoms with van der Waals surface area (Å²) < 4.78 is 6.24. The molecule has 0 aliphatic carbocycles. The molecule has 2 atom stereocenters. The Morgan fingerprint density at radius 1 is 1.13 bits per heavy atom. The van der Waals surface area contributed by atoms with Crippen molar-refractivity contribution in [2.75, 3.05) is 11.9 Å². The normalized spacial score (nSPS) is 16.8. The second-order valence-electron chi connectivity index (χ2n) is 8.94. The van der Waals surface area contributed by atoms with Crippen LogP contribution in [0.25, 0.3) is 11.3 Å². The molecule has 1 fully saturated rings. The van der Waals surface area contributed by atoms with Crippen LogP contribution >= 0.6 is 12.2 Å². The Kier molecular flexibility index (Phi) is 7.14. The number of nitrogens with zero attached hydrogens (tertiary/aromatic N) is 3. The lowest BCUT2D eigenvalue weighted by Gasteiger charge is -2.26. The van der Waals surface area contributed by atoms with Gasteiger partial charge in [-0.2, -0.15) is 0 Å². The van der Waals surface area contributed by atoms with E-state index in [1.165, 1.54) is 12.1 Å². The molecule has 9 nitrogen and oxygen atoms in total. The van der Waals surface area contributed by atoms with Crippen LogP contribution in [0.1, 0.15) is 35.5 Å². The molecule has 0 unspecified atom stereocenters. The number of amides is 1. The van der Waals surface area contributed by atoms with Crippen LogP contribution in [0, 0.1) is 17.0 Å². The summed E-state index contributed by atoms with van der Waals surface area (Å²) in [6.45, 7) is 2.29. The predicted molar refractivity (Wildman–Crippen MR) is 147 cm³/mol. The van der Waals surface area contributed by atoms with Crippen molar-refractivity contribution in [2.24, 2.45) is 0 Å². The van der Waals surface area contributed by atoms with Gasteiger partial charge in [0.1, 0.15) is 17.6 Å². The van der Waals surface area contributed by atoms with Gasteiger partial charge in [0.25, 0.3) is 5.69 Å². The molecule has 0 spiro atoms. The first-order valence-electron chi connectivity index (χ1n) is 12.1. The highest BCUT2D eigenvalue weighted by Crippen LogP contribution is 2.40. The van der Waals surface area contributed by atoms with Crippen molar-refractivity contribution in [3.05, 3.63) is 112 Å². The van der Waals surface area contributed by atoms with Crippen LogP contribution < -0.4 is 10.6 Å². The first-order valence-corrected chi connectivity index (χ1v) is 12.5. The predicted octanol–water partition coefficient (Wildman–Crippen LogP) is 5.56. The molecule has 2 aromatic heterocycles. The van der Waals surface area contributed by atoms with Gasteiger partial charge in [0.05, 0.1) is 16.7 Å². The zero-order chi connectivity index (χ0) is 26.6. The number of furan rings is 1. The lowest BCUT2D eigenvalue weighted by atomic mass is 10.0. The van der Waals surface area contributed by atoms with E-state index in [0.29, 0.717) is 28.7 Å². The number of anilines is 1. The van der Waals surface area contributed by atoms with Crippen LogP contribution in [-0.4, -0.2) is 32.4 Å². The van der Waals surface area contributed by atoms with Crippen LogP contribution in [0.15, 0.2) is 89.5 Å². The minimum atomic E-state index is -0.437. The van der Waals surface area contributed by atoms with Crippen molar-refractivity contribution in [1.29, 1.82) is 0 Å². The number of aromatic nitrogens is 1. The van der Waals surface area contributed by atoms with Gasteiger partial charge in [-0.25, -0.2) is 0 Å². The highest BCUT2D eigenvalue weighted by molar-refractivity contribution is 7.80. The summed E-state index contributed by atoms with van der Waals surface area (Å²) in [6.07, 6.45) is 1.92. The number of rotatable bonds is 8. The number of carbonyl (C=O) groups excluding carboxylic acids is 1. The number of non-ortho nitro benzene ring substituents is 1. The van der Waals surface area contributed by atoms with Crippen molar-refractivity contribution in [3.63, 3.8) is 0 Å². The average molecular weight is 528 g/mol. The van der Waals surface area contributed by atoms with Gasteiger partial charge in [-0.15, -0.1) is 0 Å². The molecule has 0 radical (unpaired) electrons. The standard InChI is InChI=1S/C28H25N5O4S/c1-18-7-2-3-10-21(18)30-25(34)14-16-32-27(26(31-28(32)38)22-11-4-5-15-29-22)24-13-12-23(37-24)19-8-6-9-20(17-19)33(35)36/h2-13,15,17,26-27H,14,16H2,1H3,(H,30,34)(H,31,38)/t26-,27+/m0/s1. The molecule has 2 aromatic carbocycles. The number of aryl methyl sites for hydroxylation is 1. The first kappa shape index (κ1) is 25.1. The number of thiocarbonyl (C=S) groups is 1. The van der Waals surface area contributed by atoms with E-state index in [9.17, 15) is 14.9 Å². The molecule has 38 heavy (non-hydrogen) atoms. The Balaban J connectivity index is 1.41. The van der Waals surface area contributed by atoms with Crippen molar-refractivity contribution >= 4 is 34.6 Å². The zero-order valence-electron chi connectivity index (χ0n) is 20.5. The van der Waals surface area contributed by atoms with E-state index in [2.05, 4.69) is 15.6 Å². The van der Waals surface area contributed by atoms with E-state index in [1.807, 2.05) is 60.4 Å². The van der Waals surface area contributed by atoms with Gasteiger partial charge in [-0.05, 0) is 55.0 Å². The molecule has 5 rings (SSSR count). The molecule has 10 heteroatoms. The number of pyridine rings is 1. The minimum absolute atomic E-state index is 0.0168.